The van der Waals surface area contributed by atoms with Crippen LogP contribution in [0.5, 0.6) is 0 Å². The maximum atomic E-state index is 4.14. The van der Waals surface area contributed by atoms with Gasteiger partial charge in [0, 0.05) is 5.69 Å². The van der Waals surface area contributed by atoms with Crippen LogP contribution in [0.2, 0.25) is 0 Å². The molecule has 0 fully saturated rings. The van der Waals surface area contributed by atoms with Gasteiger partial charge < -0.3 is 4.98 Å². The highest BCUT2D eigenvalue weighted by molar-refractivity contribution is 5.15. The van der Waals surface area contributed by atoms with Gasteiger partial charge in [0.2, 0.25) is 0 Å². The van der Waals surface area contributed by atoms with Gasteiger partial charge in [-0.1, -0.05) is 27.7 Å². The van der Waals surface area contributed by atoms with Crippen LogP contribution in [-0.4, -0.2) is 9.97 Å². The smallest absolute Gasteiger partial charge is 0.0925 e. The average molecular weight is 168 g/mol. The fraction of sp³-hybridized carbons (Fsp3) is 0.700. The summed E-state index contributed by atoms with van der Waals surface area (Å²) < 4.78 is 0. The Balaban J connectivity index is 0.000000269. The molecule has 0 aliphatic heterocycles. The van der Waals surface area contributed by atoms with E-state index in [0.717, 1.165) is 0 Å². The second-order valence-electron chi connectivity index (χ2n) is 2.18. The summed E-state index contributed by atoms with van der Waals surface area (Å²) in [7, 11) is 0. The molecule has 0 unspecified atom stereocenters. The first-order valence-electron chi connectivity index (χ1n) is 4.98. The molecule has 1 aromatic rings. The predicted octanol–water partition coefficient (Wildman–Crippen LogP) is 2.95. The highest BCUT2D eigenvalue weighted by Gasteiger charge is 2.10. The van der Waals surface area contributed by atoms with Crippen LogP contribution < -0.4 is 0 Å². The van der Waals surface area contributed by atoms with E-state index < -0.39 is 0 Å². The third kappa shape index (κ3) is 2.68. The fourth-order valence-electron chi connectivity index (χ4n) is 1.21. The van der Waals surface area contributed by atoms with Crippen molar-refractivity contribution in [3.8, 4) is 0 Å². The molecule has 1 aliphatic rings. The largest absolute Gasteiger partial charge is 0.348 e. The molecule has 0 radical (unpaired) electrons. The van der Waals surface area contributed by atoms with Crippen LogP contribution in [0.3, 0.4) is 0 Å². The van der Waals surface area contributed by atoms with E-state index >= 15 is 0 Å². The van der Waals surface area contributed by atoms with E-state index in [0.29, 0.717) is 0 Å². The number of aryl methyl sites for hydroxylation is 2. The zero-order chi connectivity index (χ0) is 9.40. The maximum Gasteiger partial charge on any atom is 0.0925 e. The number of hydrogen-bond donors (Lipinski definition) is 1. The van der Waals surface area contributed by atoms with E-state index in [1.165, 1.54) is 30.7 Å². The molecule has 0 saturated carbocycles. The molecule has 0 amide bonds. The highest BCUT2D eigenvalue weighted by Crippen LogP contribution is 2.15. The zero-order valence-corrected chi connectivity index (χ0v) is 8.65. The minimum absolute atomic E-state index is 1.18. The fourth-order valence-corrected chi connectivity index (χ4v) is 1.21. The van der Waals surface area contributed by atoms with Gasteiger partial charge in [-0.2, -0.15) is 0 Å². The van der Waals surface area contributed by atoms with Crippen molar-refractivity contribution < 1.29 is 0 Å². The second-order valence-corrected chi connectivity index (χ2v) is 2.18. The van der Waals surface area contributed by atoms with E-state index in [-0.39, 0.29) is 0 Å². The van der Waals surface area contributed by atoms with Crippen LogP contribution in [-0.2, 0) is 12.8 Å². The number of hydrogen-bond acceptors (Lipinski definition) is 1. The number of fused-ring (bicyclic) bond motifs is 1. The molecule has 70 valence electrons. The third-order valence-electron chi connectivity index (χ3n) is 1.65. The summed E-state index contributed by atoms with van der Waals surface area (Å²) in [6.45, 7) is 8.00. The predicted molar refractivity (Wildman–Crippen MR) is 53.3 cm³/mol. The van der Waals surface area contributed by atoms with Gasteiger partial charge in [-0.15, -0.1) is 0 Å². The van der Waals surface area contributed by atoms with Gasteiger partial charge in [-0.25, -0.2) is 4.98 Å². The molecule has 1 aliphatic carbocycles. The standard InChI is InChI=1S/C6H8N2.2C2H6/c1-2-5-6(3-1)8-4-7-5;2*1-2/h4H,1-3H2,(H,7,8);2*1-2H3. The van der Waals surface area contributed by atoms with Crippen molar-refractivity contribution in [3.05, 3.63) is 17.7 Å². The van der Waals surface area contributed by atoms with Crippen LogP contribution in [0, 0.1) is 0 Å². The number of aromatic nitrogens is 2. The molecule has 0 atom stereocenters. The van der Waals surface area contributed by atoms with Crippen molar-refractivity contribution in [3.63, 3.8) is 0 Å². The molecule has 0 saturated heterocycles. The Morgan fingerprint density at radius 2 is 1.83 bits per heavy atom. The van der Waals surface area contributed by atoms with Crippen molar-refractivity contribution in [2.24, 2.45) is 0 Å². The topological polar surface area (TPSA) is 28.7 Å². The molecule has 0 bridgehead atoms. The zero-order valence-electron chi connectivity index (χ0n) is 8.65. The van der Waals surface area contributed by atoms with E-state index in [9.17, 15) is 0 Å². The summed E-state index contributed by atoms with van der Waals surface area (Å²) in [5, 5.41) is 0. The first kappa shape index (κ1) is 11.2. The van der Waals surface area contributed by atoms with Crippen LogP contribution in [0.25, 0.3) is 0 Å². The Hall–Kier alpha value is -0.790. The number of imidazole rings is 1. The molecule has 2 rings (SSSR count). The average Bonchev–Trinajstić information content (AvgIpc) is 2.72. The summed E-state index contributed by atoms with van der Waals surface area (Å²) >= 11 is 0. The Morgan fingerprint density at radius 3 is 2.42 bits per heavy atom. The molecule has 2 heteroatoms. The minimum Gasteiger partial charge on any atom is -0.348 e. The van der Waals surface area contributed by atoms with E-state index in [2.05, 4.69) is 9.97 Å². The van der Waals surface area contributed by atoms with E-state index in [1.54, 1.807) is 6.33 Å². The molecule has 0 spiro atoms. The quantitative estimate of drug-likeness (QED) is 0.634. The van der Waals surface area contributed by atoms with Crippen molar-refractivity contribution >= 4 is 0 Å². The monoisotopic (exact) mass is 168 g/mol. The van der Waals surface area contributed by atoms with Crippen LogP contribution in [0.1, 0.15) is 45.5 Å². The summed E-state index contributed by atoms with van der Waals surface area (Å²) in [6, 6.07) is 0. The summed E-state index contributed by atoms with van der Waals surface area (Å²) in [4.78, 5) is 7.25. The molecule has 12 heavy (non-hydrogen) atoms. The molecule has 2 nitrogen and oxygen atoms in total. The third-order valence-corrected chi connectivity index (χ3v) is 1.65. The summed E-state index contributed by atoms with van der Waals surface area (Å²) in [6.07, 6.45) is 5.45. The number of rotatable bonds is 0. The minimum atomic E-state index is 1.18. The molecule has 1 aromatic heterocycles. The Bertz CT molecular complexity index is 173. The molecule has 0 aromatic carbocycles. The van der Waals surface area contributed by atoms with Gasteiger partial charge in [0.1, 0.15) is 0 Å². The van der Waals surface area contributed by atoms with Crippen molar-refractivity contribution in [2.45, 2.75) is 47.0 Å². The van der Waals surface area contributed by atoms with E-state index in [4.69, 9.17) is 0 Å². The second kappa shape index (κ2) is 6.89. The normalized spacial score (nSPS) is 12.0. The van der Waals surface area contributed by atoms with Gasteiger partial charge in [0.25, 0.3) is 0 Å². The number of nitrogens with zero attached hydrogens (tertiary/aromatic N) is 1. The summed E-state index contributed by atoms with van der Waals surface area (Å²) in [5.74, 6) is 0. The van der Waals surface area contributed by atoms with Crippen molar-refractivity contribution in [1.29, 1.82) is 0 Å². The number of H-pyrrole nitrogens is 1. The van der Waals surface area contributed by atoms with Crippen molar-refractivity contribution in [1.82, 2.24) is 9.97 Å². The molecule has 1 heterocycles. The lowest BCUT2D eigenvalue weighted by atomic mass is 10.4. The highest BCUT2D eigenvalue weighted by atomic mass is 14.9. The van der Waals surface area contributed by atoms with Gasteiger partial charge >= 0.3 is 0 Å². The van der Waals surface area contributed by atoms with Gasteiger partial charge in [0.05, 0.1) is 12.0 Å². The first-order valence-corrected chi connectivity index (χ1v) is 4.98. The molecular weight excluding hydrogens is 148 g/mol. The SMILES string of the molecule is CC.CC.c1nc2c([nH]1)CCC2. The Labute approximate surface area is 75.4 Å². The molecule has 1 N–H and O–H groups in total. The lowest BCUT2D eigenvalue weighted by Gasteiger charge is -1.79. The van der Waals surface area contributed by atoms with Crippen LogP contribution in [0.4, 0.5) is 0 Å². The van der Waals surface area contributed by atoms with Gasteiger partial charge in [-0.3, -0.25) is 0 Å². The lowest BCUT2D eigenvalue weighted by molar-refractivity contribution is 0.876. The Kier molecular flexibility index (Phi) is 6.44. The molecular formula is C10H20N2. The van der Waals surface area contributed by atoms with E-state index in [1.807, 2.05) is 27.7 Å². The lowest BCUT2D eigenvalue weighted by Crippen LogP contribution is -1.74. The maximum absolute atomic E-state index is 4.14. The Morgan fingerprint density at radius 1 is 1.17 bits per heavy atom. The van der Waals surface area contributed by atoms with Crippen LogP contribution >= 0.6 is 0 Å². The first-order chi connectivity index (χ1) is 5.97. The number of aromatic amines is 1. The number of nitrogens with one attached hydrogen (secondary N) is 1. The van der Waals surface area contributed by atoms with Gasteiger partial charge in [0.15, 0.2) is 0 Å². The van der Waals surface area contributed by atoms with Crippen LogP contribution in [0.15, 0.2) is 6.33 Å². The van der Waals surface area contributed by atoms with Crippen molar-refractivity contribution in [2.75, 3.05) is 0 Å². The summed E-state index contributed by atoms with van der Waals surface area (Å²) in [5.41, 5.74) is 2.63. The van der Waals surface area contributed by atoms with Gasteiger partial charge in [-0.05, 0) is 19.3 Å².